The summed E-state index contributed by atoms with van der Waals surface area (Å²) in [5.74, 6) is -0.00194. The van der Waals surface area contributed by atoms with Gasteiger partial charge in [-0.25, -0.2) is 0 Å². The molecule has 0 bridgehead atoms. The van der Waals surface area contributed by atoms with Crippen molar-refractivity contribution < 1.29 is 4.79 Å². The Bertz CT molecular complexity index is 412. The molecule has 0 unspecified atom stereocenters. The third-order valence-corrected chi connectivity index (χ3v) is 2.15. The van der Waals surface area contributed by atoms with Crippen LogP contribution in [0.25, 0.3) is 0 Å². The first kappa shape index (κ1) is 9.64. The Morgan fingerprint density at radius 3 is 2.40 bits per heavy atom. The van der Waals surface area contributed by atoms with E-state index in [4.69, 9.17) is 0 Å². The van der Waals surface area contributed by atoms with Crippen LogP contribution in [0.15, 0.2) is 51.0 Å². The fourth-order valence-corrected chi connectivity index (χ4v) is 1.35. The number of ketones is 1. The molecule has 0 saturated heterocycles. The van der Waals surface area contributed by atoms with Crippen LogP contribution in [0.4, 0.5) is 0 Å². The van der Waals surface area contributed by atoms with Crippen LogP contribution in [-0.2, 0) is 0 Å². The van der Waals surface area contributed by atoms with Crippen molar-refractivity contribution in [3.63, 3.8) is 0 Å². The molecule has 0 spiro atoms. The van der Waals surface area contributed by atoms with Crippen LogP contribution in [0.1, 0.15) is 23.7 Å². The molecule has 0 aliphatic carbocycles. The molecule has 15 heavy (non-hydrogen) atoms. The lowest BCUT2D eigenvalue weighted by Gasteiger charge is -2.11. The summed E-state index contributed by atoms with van der Waals surface area (Å²) in [5, 5.41) is 14.4. The summed E-state index contributed by atoms with van der Waals surface area (Å²) < 4.78 is 0. The number of nitrogens with zero attached hydrogens (tertiary/aromatic N) is 4. The maximum atomic E-state index is 11.8. The molecule has 5 heteroatoms. The molecule has 0 saturated carbocycles. The zero-order valence-corrected chi connectivity index (χ0v) is 8.29. The third-order valence-electron chi connectivity index (χ3n) is 2.15. The van der Waals surface area contributed by atoms with E-state index in [1.54, 1.807) is 19.1 Å². The fourth-order valence-electron chi connectivity index (χ4n) is 1.35. The zero-order chi connectivity index (χ0) is 10.7. The summed E-state index contributed by atoms with van der Waals surface area (Å²) in [7, 11) is 0. The number of carbonyl (C=O) groups excluding carboxylic acids is 1. The molecule has 5 nitrogen and oxygen atoms in total. The van der Waals surface area contributed by atoms with E-state index in [0.29, 0.717) is 5.56 Å². The predicted octanol–water partition coefficient (Wildman–Crippen LogP) is 2.81. The predicted molar refractivity (Wildman–Crippen MR) is 53.5 cm³/mol. The topological polar surface area (TPSA) is 66.5 Å². The van der Waals surface area contributed by atoms with E-state index in [1.165, 1.54) is 0 Å². The van der Waals surface area contributed by atoms with Crippen molar-refractivity contribution in [3.8, 4) is 0 Å². The Morgan fingerprint density at radius 2 is 1.80 bits per heavy atom. The monoisotopic (exact) mass is 202 g/mol. The average Bonchev–Trinajstić information content (AvgIpc) is 2.66. The van der Waals surface area contributed by atoms with Gasteiger partial charge in [0.1, 0.15) is 0 Å². The number of Topliss-reactive ketones (excluding diaryl/α,β-unsaturated/α-hetero) is 1. The van der Waals surface area contributed by atoms with Crippen LogP contribution >= 0.6 is 0 Å². The maximum Gasteiger partial charge on any atom is 0.199 e. The molecule has 1 aliphatic heterocycles. The van der Waals surface area contributed by atoms with Gasteiger partial charge in [-0.1, -0.05) is 30.3 Å². The van der Waals surface area contributed by atoms with Gasteiger partial charge >= 0.3 is 0 Å². The highest BCUT2D eigenvalue weighted by atomic mass is 16.1. The number of hydrogen-bond acceptors (Lipinski definition) is 5. The van der Waals surface area contributed by atoms with E-state index in [0.717, 1.165) is 0 Å². The summed E-state index contributed by atoms with van der Waals surface area (Å²) in [5.41, 5.74) is -0.150. The molecule has 0 amide bonds. The highest BCUT2D eigenvalue weighted by Crippen LogP contribution is 2.25. The van der Waals surface area contributed by atoms with Crippen LogP contribution in [0.3, 0.4) is 0 Å². The first-order chi connectivity index (χ1) is 7.20. The minimum absolute atomic E-state index is 0.00194. The van der Waals surface area contributed by atoms with E-state index in [-0.39, 0.29) is 12.2 Å². The zero-order valence-electron chi connectivity index (χ0n) is 8.29. The number of benzene rings is 1. The first-order valence-electron chi connectivity index (χ1n) is 4.62. The van der Waals surface area contributed by atoms with Crippen molar-refractivity contribution in [2.24, 2.45) is 20.7 Å². The summed E-state index contributed by atoms with van der Waals surface area (Å²) >= 11 is 0. The molecule has 76 valence electrons. The molecule has 0 aromatic heterocycles. The molecule has 1 aliphatic rings. The van der Waals surface area contributed by atoms with Crippen molar-refractivity contribution in [3.05, 3.63) is 35.9 Å². The van der Waals surface area contributed by atoms with Gasteiger partial charge in [0, 0.05) is 5.56 Å². The quantitative estimate of drug-likeness (QED) is 0.695. The van der Waals surface area contributed by atoms with E-state index < -0.39 is 5.66 Å². The smallest absolute Gasteiger partial charge is 0.199 e. The molecule has 1 aromatic rings. The van der Waals surface area contributed by atoms with Gasteiger partial charge in [-0.2, -0.15) is 0 Å². The second-order valence-electron chi connectivity index (χ2n) is 3.56. The second-order valence-corrected chi connectivity index (χ2v) is 3.56. The molecule has 1 heterocycles. The Hall–Kier alpha value is -1.91. The van der Waals surface area contributed by atoms with Gasteiger partial charge in [-0.15, -0.1) is 10.2 Å². The molecular weight excluding hydrogens is 192 g/mol. The highest BCUT2D eigenvalue weighted by Gasteiger charge is 2.30. The summed E-state index contributed by atoms with van der Waals surface area (Å²) in [6.07, 6.45) is 0.198. The van der Waals surface area contributed by atoms with Crippen molar-refractivity contribution in [1.82, 2.24) is 0 Å². The third kappa shape index (κ3) is 2.12. The Balaban J connectivity index is 2.11. The van der Waals surface area contributed by atoms with Gasteiger partial charge in [-0.05, 0) is 17.4 Å². The summed E-state index contributed by atoms with van der Waals surface area (Å²) in [6.45, 7) is 1.73. The van der Waals surface area contributed by atoms with Gasteiger partial charge in [0.2, 0.25) is 0 Å². The van der Waals surface area contributed by atoms with E-state index in [9.17, 15) is 4.79 Å². The average molecular weight is 202 g/mol. The molecule has 2 rings (SSSR count). The SMILES string of the molecule is CC1(CC(=O)c2ccccc2)N=NN=N1. The van der Waals surface area contributed by atoms with Crippen molar-refractivity contribution >= 4 is 5.78 Å². The molecule has 0 radical (unpaired) electrons. The van der Waals surface area contributed by atoms with Gasteiger partial charge < -0.3 is 0 Å². The summed E-state index contributed by atoms with van der Waals surface area (Å²) in [4.78, 5) is 11.8. The van der Waals surface area contributed by atoms with Gasteiger partial charge in [0.15, 0.2) is 11.4 Å². The van der Waals surface area contributed by atoms with Gasteiger partial charge in [0.25, 0.3) is 0 Å². The van der Waals surface area contributed by atoms with E-state index >= 15 is 0 Å². The molecule has 0 N–H and O–H groups in total. The molecule has 0 atom stereocenters. The van der Waals surface area contributed by atoms with Crippen molar-refractivity contribution in [1.29, 1.82) is 0 Å². The van der Waals surface area contributed by atoms with Crippen LogP contribution < -0.4 is 0 Å². The number of carbonyl (C=O) groups is 1. The molecule has 0 fully saturated rings. The lowest BCUT2D eigenvalue weighted by atomic mass is 10.0. The second kappa shape index (κ2) is 3.68. The van der Waals surface area contributed by atoms with Crippen molar-refractivity contribution in [2.75, 3.05) is 0 Å². The molecular formula is C10H10N4O. The largest absolute Gasteiger partial charge is 0.294 e. The lowest BCUT2D eigenvalue weighted by molar-refractivity contribution is 0.0957. The van der Waals surface area contributed by atoms with E-state index in [1.807, 2.05) is 18.2 Å². The van der Waals surface area contributed by atoms with Crippen LogP contribution in [0.5, 0.6) is 0 Å². The van der Waals surface area contributed by atoms with Crippen LogP contribution in [-0.4, -0.2) is 11.4 Å². The van der Waals surface area contributed by atoms with Gasteiger partial charge in [-0.3, -0.25) is 4.79 Å². The maximum absolute atomic E-state index is 11.8. The normalized spacial score (nSPS) is 16.9. The Morgan fingerprint density at radius 1 is 1.20 bits per heavy atom. The van der Waals surface area contributed by atoms with Crippen LogP contribution in [0, 0.1) is 0 Å². The summed E-state index contributed by atoms with van der Waals surface area (Å²) in [6, 6.07) is 9.07. The van der Waals surface area contributed by atoms with Gasteiger partial charge in [0.05, 0.1) is 6.42 Å². The number of hydrogen-bond donors (Lipinski definition) is 0. The minimum atomic E-state index is -0.813. The Labute approximate surface area is 86.9 Å². The minimum Gasteiger partial charge on any atom is -0.294 e. The highest BCUT2D eigenvalue weighted by molar-refractivity contribution is 5.96. The van der Waals surface area contributed by atoms with Crippen LogP contribution in [0.2, 0.25) is 0 Å². The molecule has 1 aromatic carbocycles. The fraction of sp³-hybridized carbons (Fsp3) is 0.300. The van der Waals surface area contributed by atoms with Crippen molar-refractivity contribution in [2.45, 2.75) is 19.0 Å². The van der Waals surface area contributed by atoms with E-state index in [2.05, 4.69) is 20.7 Å². The lowest BCUT2D eigenvalue weighted by Crippen LogP contribution is -2.21. The number of rotatable bonds is 3. The Kier molecular flexibility index (Phi) is 2.37. The first-order valence-corrected chi connectivity index (χ1v) is 4.62. The standard InChI is InChI=1S/C10H10N4O/c1-10(11-13-14-12-10)7-9(15)8-5-3-2-4-6-8/h2-6H,7H2,1H3.